The smallest absolute Gasteiger partial charge is 0.126 e. The fourth-order valence-corrected chi connectivity index (χ4v) is 5.54. The molecule has 0 radical (unpaired) electrons. The number of rotatable bonds is 9. The molecule has 2 aliphatic heterocycles. The van der Waals surface area contributed by atoms with Crippen LogP contribution in [-0.2, 0) is 9.47 Å². The SMILES string of the molecule is CC1(CNC2CCC(Nc3cc(-c4cccc(NCC5(C#N)CCOCC5)n4)c(Cl)cn3)CC2)COC1. The molecule has 2 aromatic heterocycles. The molecule has 8 nitrogen and oxygen atoms in total. The van der Waals surface area contributed by atoms with E-state index in [1.807, 2.05) is 24.3 Å². The molecule has 1 aliphatic carbocycles. The van der Waals surface area contributed by atoms with E-state index in [1.165, 1.54) is 0 Å². The molecule has 0 spiro atoms. The van der Waals surface area contributed by atoms with Gasteiger partial charge in [0.2, 0.25) is 0 Å². The first kappa shape index (κ1) is 26.2. The molecule has 4 heterocycles. The maximum atomic E-state index is 9.73. The van der Waals surface area contributed by atoms with Gasteiger partial charge < -0.3 is 25.4 Å². The lowest BCUT2D eigenvalue weighted by molar-refractivity contribution is -0.100. The van der Waals surface area contributed by atoms with Gasteiger partial charge in [-0.15, -0.1) is 0 Å². The Morgan fingerprint density at radius 2 is 1.81 bits per heavy atom. The molecule has 5 rings (SSSR count). The third-order valence-corrected chi connectivity index (χ3v) is 8.27. The van der Waals surface area contributed by atoms with Crippen LogP contribution in [0, 0.1) is 22.2 Å². The van der Waals surface area contributed by atoms with Crippen LogP contribution in [0.5, 0.6) is 0 Å². The second-order valence-corrected chi connectivity index (χ2v) is 11.6. The molecular formula is C28H37ClN6O2. The Kier molecular flexibility index (Phi) is 8.15. The summed E-state index contributed by atoms with van der Waals surface area (Å²) in [5.41, 5.74) is 1.51. The first-order valence-corrected chi connectivity index (χ1v) is 13.8. The molecular weight excluding hydrogens is 488 g/mol. The van der Waals surface area contributed by atoms with Crippen LogP contribution in [0.4, 0.5) is 11.6 Å². The zero-order valence-electron chi connectivity index (χ0n) is 21.6. The summed E-state index contributed by atoms with van der Waals surface area (Å²) in [7, 11) is 0. The van der Waals surface area contributed by atoms with Gasteiger partial charge in [-0.1, -0.05) is 24.6 Å². The predicted octanol–water partition coefficient (Wildman–Crippen LogP) is 4.88. The number of pyridine rings is 2. The van der Waals surface area contributed by atoms with Gasteiger partial charge in [0.1, 0.15) is 11.6 Å². The fraction of sp³-hybridized carbons (Fsp3) is 0.607. The predicted molar refractivity (Wildman–Crippen MR) is 146 cm³/mol. The van der Waals surface area contributed by atoms with Gasteiger partial charge in [-0.05, 0) is 56.7 Å². The van der Waals surface area contributed by atoms with E-state index >= 15 is 0 Å². The van der Waals surface area contributed by atoms with Gasteiger partial charge in [-0.25, -0.2) is 9.97 Å². The van der Waals surface area contributed by atoms with Gasteiger partial charge in [-0.3, -0.25) is 0 Å². The number of ether oxygens (including phenoxy) is 2. The monoisotopic (exact) mass is 524 g/mol. The number of aromatic nitrogens is 2. The molecule has 198 valence electrons. The van der Waals surface area contributed by atoms with Crippen molar-refractivity contribution >= 4 is 23.2 Å². The van der Waals surface area contributed by atoms with Crippen LogP contribution in [0.3, 0.4) is 0 Å². The number of halogens is 1. The lowest BCUT2D eigenvalue weighted by atomic mass is 9.82. The van der Waals surface area contributed by atoms with Crippen LogP contribution >= 0.6 is 11.6 Å². The summed E-state index contributed by atoms with van der Waals surface area (Å²) >= 11 is 6.55. The number of nitrogens with one attached hydrogen (secondary N) is 3. The molecule has 0 amide bonds. The molecule has 0 bridgehead atoms. The molecule has 9 heteroatoms. The van der Waals surface area contributed by atoms with Crippen LogP contribution < -0.4 is 16.0 Å². The summed E-state index contributed by atoms with van der Waals surface area (Å²) in [6, 6.07) is 11.3. The molecule has 0 aromatic carbocycles. The molecule has 1 saturated carbocycles. The Hall–Kier alpha value is -2.44. The third-order valence-electron chi connectivity index (χ3n) is 7.97. The highest BCUT2D eigenvalue weighted by Gasteiger charge is 2.34. The summed E-state index contributed by atoms with van der Waals surface area (Å²) < 4.78 is 10.8. The van der Waals surface area contributed by atoms with Crippen LogP contribution in [-0.4, -0.2) is 61.6 Å². The van der Waals surface area contributed by atoms with Crippen molar-refractivity contribution in [3.8, 4) is 17.3 Å². The highest BCUT2D eigenvalue weighted by molar-refractivity contribution is 6.33. The van der Waals surface area contributed by atoms with Gasteiger partial charge in [-0.2, -0.15) is 5.26 Å². The Morgan fingerprint density at radius 3 is 2.51 bits per heavy atom. The number of nitrogens with zero attached hydrogens (tertiary/aromatic N) is 3. The van der Waals surface area contributed by atoms with Crippen molar-refractivity contribution in [1.29, 1.82) is 5.26 Å². The first-order valence-electron chi connectivity index (χ1n) is 13.4. The molecule has 37 heavy (non-hydrogen) atoms. The summed E-state index contributed by atoms with van der Waals surface area (Å²) in [5, 5.41) is 21.0. The van der Waals surface area contributed by atoms with E-state index in [0.717, 1.165) is 81.2 Å². The van der Waals surface area contributed by atoms with E-state index in [4.69, 9.17) is 26.1 Å². The number of hydrogen-bond acceptors (Lipinski definition) is 8. The minimum absolute atomic E-state index is 0.307. The summed E-state index contributed by atoms with van der Waals surface area (Å²) in [4.78, 5) is 9.34. The number of nitriles is 1. The second-order valence-electron chi connectivity index (χ2n) is 11.2. The van der Waals surface area contributed by atoms with E-state index in [0.29, 0.717) is 42.3 Å². The molecule has 2 aromatic rings. The van der Waals surface area contributed by atoms with Gasteiger partial charge in [0.25, 0.3) is 0 Å². The van der Waals surface area contributed by atoms with E-state index in [-0.39, 0.29) is 0 Å². The molecule has 0 atom stereocenters. The largest absolute Gasteiger partial charge is 0.381 e. The molecule has 0 unspecified atom stereocenters. The fourth-order valence-electron chi connectivity index (χ4n) is 5.34. The minimum atomic E-state index is -0.417. The van der Waals surface area contributed by atoms with Crippen LogP contribution in [0.2, 0.25) is 5.02 Å². The Morgan fingerprint density at radius 1 is 1.05 bits per heavy atom. The van der Waals surface area contributed by atoms with E-state index in [1.54, 1.807) is 6.20 Å². The highest BCUT2D eigenvalue weighted by Crippen LogP contribution is 2.32. The normalized spacial score (nSPS) is 24.5. The maximum Gasteiger partial charge on any atom is 0.126 e. The number of anilines is 2. The minimum Gasteiger partial charge on any atom is -0.381 e. The topological polar surface area (TPSA) is 104 Å². The Bertz CT molecular complexity index is 1100. The third kappa shape index (κ3) is 6.53. The second kappa shape index (κ2) is 11.5. The zero-order valence-corrected chi connectivity index (χ0v) is 22.3. The lowest BCUT2D eigenvalue weighted by Crippen LogP contribution is -2.50. The molecule has 3 aliphatic rings. The maximum absolute atomic E-state index is 9.73. The lowest BCUT2D eigenvalue weighted by Gasteiger charge is -2.40. The van der Waals surface area contributed by atoms with Crippen LogP contribution in [0.25, 0.3) is 11.3 Å². The first-order chi connectivity index (χ1) is 18.0. The molecule has 2 saturated heterocycles. The van der Waals surface area contributed by atoms with Crippen molar-refractivity contribution in [3.05, 3.63) is 35.5 Å². The van der Waals surface area contributed by atoms with Gasteiger partial charge >= 0.3 is 0 Å². The average molecular weight is 525 g/mol. The highest BCUT2D eigenvalue weighted by atomic mass is 35.5. The molecule has 3 N–H and O–H groups in total. The van der Waals surface area contributed by atoms with Crippen LogP contribution in [0.1, 0.15) is 45.4 Å². The number of hydrogen-bond donors (Lipinski definition) is 3. The average Bonchev–Trinajstić information content (AvgIpc) is 2.92. The van der Waals surface area contributed by atoms with Gasteiger partial charge in [0, 0.05) is 55.6 Å². The summed E-state index contributed by atoms with van der Waals surface area (Å²) in [5.74, 6) is 1.55. The Balaban J connectivity index is 1.18. The van der Waals surface area contributed by atoms with Crippen molar-refractivity contribution < 1.29 is 9.47 Å². The van der Waals surface area contributed by atoms with Crippen molar-refractivity contribution in [1.82, 2.24) is 15.3 Å². The van der Waals surface area contributed by atoms with E-state index in [9.17, 15) is 5.26 Å². The van der Waals surface area contributed by atoms with Crippen molar-refractivity contribution in [2.24, 2.45) is 10.8 Å². The van der Waals surface area contributed by atoms with Crippen molar-refractivity contribution in [3.63, 3.8) is 0 Å². The standard InChI is InChI=1S/C28H37ClN6O2/c1-27(18-37-19-27)16-32-20-5-7-21(8-6-20)34-26-13-22(23(29)14-31-26)24-3-2-4-25(35-24)33-17-28(15-30)9-11-36-12-10-28/h2-4,13-14,20-21,32H,5-12,16-19H2,1H3,(H,31,34)(H,33,35). The quantitative estimate of drug-likeness (QED) is 0.426. The Labute approximate surface area is 224 Å². The summed E-state index contributed by atoms with van der Waals surface area (Å²) in [6.07, 6.45) is 7.67. The van der Waals surface area contributed by atoms with Crippen molar-refractivity contribution in [2.45, 2.75) is 57.5 Å². The van der Waals surface area contributed by atoms with E-state index < -0.39 is 5.41 Å². The zero-order chi connectivity index (χ0) is 25.7. The van der Waals surface area contributed by atoms with E-state index in [2.05, 4.69) is 33.9 Å². The summed E-state index contributed by atoms with van der Waals surface area (Å²) in [6.45, 7) is 6.85. The van der Waals surface area contributed by atoms with Crippen molar-refractivity contribution in [2.75, 3.05) is 50.2 Å². The van der Waals surface area contributed by atoms with Gasteiger partial charge in [0.05, 0.1) is 35.4 Å². The molecule has 3 fully saturated rings. The van der Waals surface area contributed by atoms with Gasteiger partial charge in [0.15, 0.2) is 0 Å². The van der Waals surface area contributed by atoms with Crippen LogP contribution in [0.15, 0.2) is 30.5 Å².